The van der Waals surface area contributed by atoms with Crippen molar-refractivity contribution >= 4 is 38.2 Å². The smallest absolute Gasteiger partial charge is 0.274 e. The fourth-order valence-electron chi connectivity index (χ4n) is 5.35. The van der Waals surface area contributed by atoms with Crippen LogP contribution in [0, 0.1) is 11.6 Å². The molecule has 0 aliphatic rings. The van der Waals surface area contributed by atoms with Gasteiger partial charge >= 0.3 is 0 Å². The Morgan fingerprint density at radius 2 is 1.39 bits per heavy atom. The lowest BCUT2D eigenvalue weighted by Gasteiger charge is -2.16. The second-order valence-electron chi connectivity index (χ2n) is 12.2. The molecule has 0 radical (unpaired) electrons. The number of aromatic nitrogens is 2. The lowest BCUT2D eigenvalue weighted by Crippen LogP contribution is -2.17. The largest absolute Gasteiger partial charge is 0.491 e. The molecule has 0 spiro atoms. The zero-order chi connectivity index (χ0) is 40.1. The lowest BCUT2D eigenvalue weighted by atomic mass is 10.0. The van der Waals surface area contributed by atoms with Crippen LogP contribution >= 0.6 is 0 Å². The maximum Gasteiger partial charge on any atom is 0.274 e. The number of fused-ring (bicyclic) bond motifs is 1. The molecule has 0 saturated carbocycles. The summed E-state index contributed by atoms with van der Waals surface area (Å²) in [5.74, 6) is -2.17. The van der Waals surface area contributed by atoms with Gasteiger partial charge in [0.15, 0.2) is 11.6 Å². The van der Waals surface area contributed by atoms with Crippen molar-refractivity contribution in [2.45, 2.75) is 13.8 Å². The van der Waals surface area contributed by atoms with E-state index in [2.05, 4.69) is 15.0 Å². The van der Waals surface area contributed by atoms with E-state index in [1.165, 1.54) is 49.0 Å². The van der Waals surface area contributed by atoms with E-state index >= 15 is 0 Å². The third-order valence-electron chi connectivity index (χ3n) is 8.18. The van der Waals surface area contributed by atoms with Gasteiger partial charge in [0.25, 0.3) is 11.5 Å². The summed E-state index contributed by atoms with van der Waals surface area (Å²) in [7, 11) is -2.19. The van der Waals surface area contributed by atoms with Crippen molar-refractivity contribution < 1.29 is 50.4 Å². The molecule has 17 heteroatoms. The van der Waals surface area contributed by atoms with Crippen LogP contribution in [0.25, 0.3) is 22.0 Å². The highest BCUT2D eigenvalue weighted by atomic mass is 32.2. The third-order valence-corrected chi connectivity index (χ3v) is 9.48. The first kappa shape index (κ1) is 41.8. The van der Waals surface area contributed by atoms with Crippen LogP contribution in [0.5, 0.6) is 17.2 Å². The van der Waals surface area contributed by atoms with Crippen LogP contribution in [-0.4, -0.2) is 89.1 Å². The number of benzene rings is 3. The van der Waals surface area contributed by atoms with E-state index in [4.69, 9.17) is 28.4 Å². The highest BCUT2D eigenvalue weighted by Crippen LogP contribution is 2.39. The average molecular weight is 799 g/mol. The molecular weight excluding hydrogens is 755 g/mol. The summed E-state index contributed by atoms with van der Waals surface area (Å²) in [5.41, 5.74) is 0.903. The molecule has 2 heterocycles. The molecular formula is C39H44F2N4O10S. The van der Waals surface area contributed by atoms with Crippen molar-refractivity contribution in [1.29, 1.82) is 0 Å². The van der Waals surface area contributed by atoms with Gasteiger partial charge in [-0.3, -0.25) is 14.3 Å². The normalized spacial score (nSPS) is 11.5. The van der Waals surface area contributed by atoms with E-state index in [0.717, 1.165) is 12.1 Å². The number of H-pyrrole nitrogens is 1. The van der Waals surface area contributed by atoms with Crippen LogP contribution in [0.2, 0.25) is 0 Å². The Kier molecular flexibility index (Phi) is 14.9. The van der Waals surface area contributed by atoms with Crippen molar-refractivity contribution in [1.82, 2.24) is 9.55 Å². The van der Waals surface area contributed by atoms with Crippen molar-refractivity contribution in [2.75, 3.05) is 75.3 Å². The molecule has 0 bridgehead atoms. The Balaban J connectivity index is 1.26. The number of hydrogen-bond donors (Lipinski definition) is 3. The quantitative estimate of drug-likeness (QED) is 0.0698. The maximum atomic E-state index is 14.7. The lowest BCUT2D eigenvalue weighted by molar-refractivity contribution is -0.00341. The Morgan fingerprint density at radius 1 is 0.768 bits per heavy atom. The molecule has 0 saturated heterocycles. The Morgan fingerprint density at radius 3 is 2.04 bits per heavy atom. The first-order valence-electron chi connectivity index (χ1n) is 17.8. The number of aromatic amines is 1. The first-order chi connectivity index (χ1) is 27.0. The molecule has 3 N–H and O–H groups in total. The van der Waals surface area contributed by atoms with Gasteiger partial charge in [0.2, 0.25) is 10.0 Å². The highest BCUT2D eigenvalue weighted by Gasteiger charge is 2.21. The van der Waals surface area contributed by atoms with Crippen molar-refractivity contribution in [3.63, 3.8) is 0 Å². The number of hydrogen-bond acceptors (Lipinski definition) is 10. The minimum atomic E-state index is -3.70. The van der Waals surface area contributed by atoms with Gasteiger partial charge < -0.3 is 43.3 Å². The summed E-state index contributed by atoms with van der Waals surface area (Å²) in [5, 5.41) is 3.10. The monoisotopic (exact) mass is 798 g/mol. The molecule has 5 rings (SSSR count). The first-order valence-corrected chi connectivity index (χ1v) is 19.5. The van der Waals surface area contributed by atoms with Crippen molar-refractivity contribution in [3.05, 3.63) is 101 Å². The fourth-order valence-corrected chi connectivity index (χ4v) is 5.98. The van der Waals surface area contributed by atoms with E-state index in [0.29, 0.717) is 87.9 Å². The number of carbonyl (C=O) groups excluding carboxylic acids is 1. The van der Waals surface area contributed by atoms with Crippen molar-refractivity contribution in [2.24, 2.45) is 7.05 Å². The molecule has 0 atom stereocenters. The van der Waals surface area contributed by atoms with Gasteiger partial charge in [0.1, 0.15) is 35.1 Å². The zero-order valence-corrected chi connectivity index (χ0v) is 32.0. The SMILES string of the molecule is CCOCCOCCOCCOCCOc1ccc(NC(=O)c2cc3c(-c4cc(NS(=O)(=O)CC)ccc4Oc4ccc(F)cc4F)cn(C)c(=O)c3[nH]2)cc1. The number of rotatable bonds is 22. The molecule has 0 unspecified atom stereocenters. The Labute approximate surface area is 322 Å². The fraction of sp³-hybridized carbons (Fsp3) is 0.333. The van der Waals surface area contributed by atoms with Gasteiger partial charge in [0, 0.05) is 53.8 Å². The van der Waals surface area contributed by atoms with Crippen LogP contribution in [0.3, 0.4) is 0 Å². The molecule has 56 heavy (non-hydrogen) atoms. The predicted molar refractivity (Wildman–Crippen MR) is 207 cm³/mol. The van der Waals surface area contributed by atoms with E-state index in [1.54, 1.807) is 24.3 Å². The average Bonchev–Trinajstić information content (AvgIpc) is 3.63. The number of pyridine rings is 1. The van der Waals surface area contributed by atoms with Gasteiger partial charge in [0.05, 0.1) is 52.0 Å². The molecule has 300 valence electrons. The molecule has 2 aromatic heterocycles. The number of amides is 1. The van der Waals surface area contributed by atoms with Crippen LogP contribution in [0.1, 0.15) is 24.3 Å². The molecule has 1 amide bonds. The number of nitrogens with zero attached hydrogens (tertiary/aromatic N) is 1. The maximum absolute atomic E-state index is 14.7. The molecule has 5 aromatic rings. The van der Waals surface area contributed by atoms with E-state index in [1.807, 2.05) is 6.92 Å². The number of halogens is 2. The van der Waals surface area contributed by atoms with Gasteiger partial charge in [-0.2, -0.15) is 0 Å². The summed E-state index contributed by atoms with van der Waals surface area (Å²) in [6.07, 6.45) is 1.49. The standard InChI is InChI=1S/C39H44F2N4O10S/c1-4-50-14-15-51-16-17-52-18-19-53-20-21-54-29-10-7-27(8-11-29)42-38(46)34-24-31-32(25-45(3)39(47)37(31)43-34)30-23-28(44-56(48,49)5-2)9-13-35(30)55-36-12-6-26(40)22-33(36)41/h6-13,22-25,43-44H,4-5,14-21H2,1-3H3,(H,42,46). The second-order valence-corrected chi connectivity index (χ2v) is 14.2. The summed E-state index contributed by atoms with van der Waals surface area (Å²) in [6, 6.07) is 15.3. The van der Waals surface area contributed by atoms with Crippen LogP contribution in [0.4, 0.5) is 20.2 Å². The Bertz CT molecular complexity index is 2260. The molecule has 0 aliphatic heterocycles. The number of carbonyl (C=O) groups is 1. The molecule has 0 aliphatic carbocycles. The number of anilines is 2. The molecule has 0 fully saturated rings. The summed E-state index contributed by atoms with van der Waals surface area (Å²) in [6.45, 7) is 7.61. The molecule has 3 aromatic carbocycles. The topological polar surface area (TPSA) is 168 Å². The van der Waals surface area contributed by atoms with Gasteiger partial charge in [-0.1, -0.05) is 0 Å². The van der Waals surface area contributed by atoms with Gasteiger partial charge in [-0.05, 0) is 74.5 Å². The number of ether oxygens (including phenoxy) is 6. The summed E-state index contributed by atoms with van der Waals surface area (Å²) < 4.78 is 90.1. The summed E-state index contributed by atoms with van der Waals surface area (Å²) in [4.78, 5) is 29.6. The number of aryl methyl sites for hydroxylation is 1. The van der Waals surface area contributed by atoms with Crippen LogP contribution in [-0.2, 0) is 36.0 Å². The Hall–Kier alpha value is -5.33. The van der Waals surface area contributed by atoms with Crippen LogP contribution in [0.15, 0.2) is 77.7 Å². The van der Waals surface area contributed by atoms with E-state index in [9.17, 15) is 26.8 Å². The van der Waals surface area contributed by atoms with E-state index < -0.39 is 33.1 Å². The van der Waals surface area contributed by atoms with Gasteiger partial charge in [-0.25, -0.2) is 17.2 Å². The second kappa shape index (κ2) is 20.0. The van der Waals surface area contributed by atoms with Crippen molar-refractivity contribution in [3.8, 4) is 28.4 Å². The van der Waals surface area contributed by atoms with E-state index in [-0.39, 0.29) is 39.7 Å². The number of sulfonamides is 1. The summed E-state index contributed by atoms with van der Waals surface area (Å²) >= 11 is 0. The third kappa shape index (κ3) is 11.6. The molecule has 14 nitrogen and oxygen atoms in total. The predicted octanol–water partition coefficient (Wildman–Crippen LogP) is 6.08. The minimum Gasteiger partial charge on any atom is -0.491 e. The zero-order valence-electron chi connectivity index (χ0n) is 31.2. The number of nitrogens with one attached hydrogen (secondary N) is 3. The minimum absolute atomic E-state index is 0.0509. The van der Waals surface area contributed by atoms with Gasteiger partial charge in [-0.15, -0.1) is 0 Å². The highest BCUT2D eigenvalue weighted by molar-refractivity contribution is 7.92. The van der Waals surface area contributed by atoms with Crippen LogP contribution < -0.4 is 25.1 Å².